The van der Waals surface area contributed by atoms with Gasteiger partial charge in [-0.05, 0) is 70.1 Å². The van der Waals surface area contributed by atoms with Gasteiger partial charge >= 0.3 is 0 Å². The molecular formula is C31H52N3O7+. The van der Waals surface area contributed by atoms with Gasteiger partial charge in [0, 0.05) is 52.9 Å². The van der Waals surface area contributed by atoms with Crippen molar-refractivity contribution >= 4 is 11.8 Å². The van der Waals surface area contributed by atoms with E-state index < -0.39 is 6.10 Å². The molecular weight excluding hydrogens is 526 g/mol. The first-order valence-electron chi connectivity index (χ1n) is 16.1. The second kappa shape index (κ2) is 12.4. The van der Waals surface area contributed by atoms with E-state index in [2.05, 4.69) is 15.5 Å². The number of carbonyl (C=O) groups excluding carboxylic acids is 2. The summed E-state index contributed by atoms with van der Waals surface area (Å²) in [6.07, 6.45) is 7.78. The smallest absolute Gasteiger partial charge is 0.249 e. The number of nitrogens with two attached hydrogens (primary N) is 1. The van der Waals surface area contributed by atoms with Crippen molar-refractivity contribution in [3.8, 4) is 0 Å². The van der Waals surface area contributed by atoms with Crippen LogP contribution < -0.4 is 10.6 Å². The van der Waals surface area contributed by atoms with Crippen molar-refractivity contribution < 1.29 is 38.6 Å². The Balaban J connectivity index is 1.10. The molecule has 3 saturated carbocycles. The number of piperidine rings is 2. The average molecular weight is 579 g/mol. The van der Waals surface area contributed by atoms with Crippen LogP contribution in [0.3, 0.4) is 0 Å². The van der Waals surface area contributed by atoms with Crippen LogP contribution in [-0.2, 0) is 33.3 Å². The Morgan fingerprint density at radius 3 is 2.34 bits per heavy atom. The highest BCUT2D eigenvalue weighted by atomic mass is 16.5. The molecule has 0 spiro atoms. The zero-order valence-electron chi connectivity index (χ0n) is 25.5. The van der Waals surface area contributed by atoms with Crippen LogP contribution in [0, 0.1) is 23.7 Å². The van der Waals surface area contributed by atoms with E-state index in [-0.39, 0.29) is 54.4 Å². The first kappa shape index (κ1) is 29.8. The van der Waals surface area contributed by atoms with Crippen LogP contribution in [0.15, 0.2) is 0 Å². The van der Waals surface area contributed by atoms with E-state index in [1.165, 1.54) is 0 Å². The van der Waals surface area contributed by atoms with Crippen LogP contribution >= 0.6 is 0 Å². The Labute approximate surface area is 244 Å². The van der Waals surface area contributed by atoms with Gasteiger partial charge in [0.05, 0.1) is 49.0 Å². The Bertz CT molecular complexity index is 953. The van der Waals surface area contributed by atoms with E-state index in [1.54, 1.807) is 28.4 Å². The molecule has 6 fully saturated rings. The summed E-state index contributed by atoms with van der Waals surface area (Å²) in [5.41, 5.74) is 0. The first-order chi connectivity index (χ1) is 19.9. The normalized spacial score (nSPS) is 46.3. The Morgan fingerprint density at radius 2 is 1.61 bits per heavy atom. The molecule has 0 radical (unpaired) electrons. The number of hydrogen-bond acceptors (Lipinski definition) is 7. The molecule has 0 bridgehead atoms. The molecule has 232 valence electrons. The Kier molecular flexibility index (Phi) is 8.97. The summed E-state index contributed by atoms with van der Waals surface area (Å²) in [5.74, 6) is 1.41. The SMILES string of the molecule is COC1CCC(NC(=O)[C@H](C)OC2CCC3C(C2)C2CC[NH2+]C4C5CCC(OC)C(OC)C5C(=O)N3C24)CC1OC. The lowest BCUT2D eigenvalue weighted by Crippen LogP contribution is -2.99. The fraction of sp³-hybridized carbons (Fsp3) is 0.935. The molecule has 3 heterocycles. The van der Waals surface area contributed by atoms with E-state index in [0.717, 1.165) is 64.3 Å². The summed E-state index contributed by atoms with van der Waals surface area (Å²) >= 11 is 0. The maximum atomic E-state index is 14.3. The van der Waals surface area contributed by atoms with Gasteiger partial charge in [-0.15, -0.1) is 0 Å². The molecule has 3 saturated heterocycles. The summed E-state index contributed by atoms with van der Waals surface area (Å²) in [5, 5.41) is 5.74. The van der Waals surface area contributed by atoms with Crippen molar-refractivity contribution in [3.63, 3.8) is 0 Å². The van der Waals surface area contributed by atoms with E-state index >= 15 is 0 Å². The zero-order valence-corrected chi connectivity index (χ0v) is 25.5. The summed E-state index contributed by atoms with van der Waals surface area (Å²) in [4.78, 5) is 29.7. The van der Waals surface area contributed by atoms with Crippen LogP contribution in [0.4, 0.5) is 0 Å². The first-order valence-corrected chi connectivity index (χ1v) is 16.1. The maximum absolute atomic E-state index is 14.3. The maximum Gasteiger partial charge on any atom is 0.249 e. The minimum atomic E-state index is -0.507. The predicted molar refractivity (Wildman–Crippen MR) is 150 cm³/mol. The van der Waals surface area contributed by atoms with E-state index in [9.17, 15) is 9.59 Å². The number of rotatable bonds is 8. The van der Waals surface area contributed by atoms with Crippen LogP contribution in [0.2, 0.25) is 0 Å². The fourth-order valence-electron chi connectivity index (χ4n) is 10.0. The number of carbonyl (C=O) groups is 2. The number of nitrogens with one attached hydrogen (secondary N) is 1. The fourth-order valence-corrected chi connectivity index (χ4v) is 10.0. The topological polar surface area (TPSA) is 112 Å². The molecule has 10 heteroatoms. The molecule has 0 aromatic heterocycles. The molecule has 6 aliphatic rings. The van der Waals surface area contributed by atoms with Crippen molar-refractivity contribution in [2.24, 2.45) is 23.7 Å². The van der Waals surface area contributed by atoms with Crippen molar-refractivity contribution in [2.45, 2.75) is 126 Å². The van der Waals surface area contributed by atoms with E-state index in [0.29, 0.717) is 35.7 Å². The van der Waals surface area contributed by atoms with Crippen molar-refractivity contribution in [3.05, 3.63) is 0 Å². The Hall–Kier alpha value is -1.30. The number of methoxy groups -OCH3 is 4. The van der Waals surface area contributed by atoms with E-state index in [4.69, 9.17) is 23.7 Å². The lowest BCUT2D eigenvalue weighted by atomic mass is 9.64. The monoisotopic (exact) mass is 578 g/mol. The number of amides is 2. The van der Waals surface area contributed by atoms with Crippen LogP contribution in [0.1, 0.15) is 64.7 Å². The van der Waals surface area contributed by atoms with Gasteiger partial charge in [0.2, 0.25) is 11.8 Å². The van der Waals surface area contributed by atoms with Crippen molar-refractivity contribution in [1.82, 2.24) is 10.2 Å². The van der Waals surface area contributed by atoms with Gasteiger partial charge < -0.3 is 39.2 Å². The molecule has 10 nitrogen and oxygen atoms in total. The third-order valence-corrected chi connectivity index (χ3v) is 11.8. The zero-order chi connectivity index (χ0) is 28.8. The third-order valence-electron chi connectivity index (χ3n) is 11.8. The van der Waals surface area contributed by atoms with E-state index in [1.807, 2.05) is 6.92 Å². The molecule has 3 aliphatic carbocycles. The summed E-state index contributed by atoms with van der Waals surface area (Å²) < 4.78 is 29.4. The summed E-state index contributed by atoms with van der Waals surface area (Å²) in [7, 11) is 6.91. The number of ether oxygens (including phenoxy) is 5. The minimum Gasteiger partial charge on any atom is -0.379 e. The number of nitrogens with zero attached hydrogens (tertiary/aromatic N) is 1. The quantitative estimate of drug-likeness (QED) is 0.440. The summed E-state index contributed by atoms with van der Waals surface area (Å²) in [6.45, 7) is 2.99. The third kappa shape index (κ3) is 5.24. The molecule has 14 atom stereocenters. The molecule has 6 rings (SSSR count). The lowest BCUT2D eigenvalue weighted by molar-refractivity contribution is -0.713. The highest BCUT2D eigenvalue weighted by Crippen LogP contribution is 2.53. The molecule has 41 heavy (non-hydrogen) atoms. The number of quaternary nitrogens is 1. The molecule has 2 amide bonds. The molecule has 3 aliphatic heterocycles. The highest BCUT2D eigenvalue weighted by molar-refractivity contribution is 5.83. The largest absolute Gasteiger partial charge is 0.379 e. The molecule has 13 unspecified atom stereocenters. The minimum absolute atomic E-state index is 0.00545. The van der Waals surface area contributed by atoms with Gasteiger partial charge in [0.1, 0.15) is 12.1 Å². The molecule has 0 aromatic rings. The van der Waals surface area contributed by atoms with Crippen molar-refractivity contribution in [2.75, 3.05) is 35.0 Å². The van der Waals surface area contributed by atoms with Crippen molar-refractivity contribution in [1.29, 1.82) is 0 Å². The van der Waals surface area contributed by atoms with Crippen LogP contribution in [0.25, 0.3) is 0 Å². The van der Waals surface area contributed by atoms with Gasteiger partial charge in [-0.25, -0.2) is 0 Å². The standard InChI is InChI=1S/C31H51N3O7/c1-16(30(35)33-17-6-10-23(37-2)25(14-17)39-4)41-18-7-9-22-21(15-18)19-12-13-32-27-20-8-11-24(38-3)29(40-5)26(20)31(36)34(22)28(19)27/h16-29,32H,6-15H2,1-5H3,(H,33,35)/p+1/t16-,17?,18?,19?,20?,21?,22?,23?,24?,25?,26?,27?,28?,29?/m0/s1. The molecule has 0 aromatic carbocycles. The number of fused-ring (bicyclic) bond motifs is 5. The van der Waals surface area contributed by atoms with Gasteiger partial charge in [-0.1, -0.05) is 0 Å². The van der Waals surface area contributed by atoms with Gasteiger partial charge in [-0.3, -0.25) is 9.59 Å². The molecule has 3 N–H and O–H groups in total. The average Bonchev–Trinajstić information content (AvgIpc) is 3.33. The predicted octanol–water partition coefficient (Wildman–Crippen LogP) is 0.860. The second-order valence-corrected chi connectivity index (χ2v) is 13.5. The lowest BCUT2D eigenvalue weighted by Gasteiger charge is -2.53. The van der Waals surface area contributed by atoms with Gasteiger partial charge in [-0.2, -0.15) is 0 Å². The highest BCUT2D eigenvalue weighted by Gasteiger charge is 2.66. The van der Waals surface area contributed by atoms with Crippen LogP contribution in [-0.4, -0.2) is 112 Å². The number of hydrogen-bond donors (Lipinski definition) is 2. The van der Waals surface area contributed by atoms with Gasteiger partial charge in [0.25, 0.3) is 0 Å². The van der Waals surface area contributed by atoms with Crippen LogP contribution in [0.5, 0.6) is 0 Å². The summed E-state index contributed by atoms with van der Waals surface area (Å²) in [6, 6.07) is 1.08. The Morgan fingerprint density at radius 1 is 0.854 bits per heavy atom. The second-order valence-electron chi connectivity index (χ2n) is 13.5. The van der Waals surface area contributed by atoms with Gasteiger partial charge in [0.15, 0.2) is 0 Å².